The summed E-state index contributed by atoms with van der Waals surface area (Å²) in [6.07, 6.45) is 1.41. The van der Waals surface area contributed by atoms with E-state index in [-0.39, 0.29) is 11.0 Å². The molecule has 0 atom stereocenters. The van der Waals surface area contributed by atoms with Gasteiger partial charge in [-0.1, -0.05) is 19.9 Å². The van der Waals surface area contributed by atoms with Crippen LogP contribution in [-0.2, 0) is 12.8 Å². The molecule has 94 valence electrons. The van der Waals surface area contributed by atoms with Crippen molar-refractivity contribution in [2.75, 3.05) is 0 Å². The molecule has 0 fully saturated rings. The van der Waals surface area contributed by atoms with E-state index in [0.29, 0.717) is 17.5 Å². The van der Waals surface area contributed by atoms with Gasteiger partial charge in [0.1, 0.15) is 5.56 Å². The van der Waals surface area contributed by atoms with Crippen LogP contribution in [0.15, 0.2) is 23.0 Å². The number of pyridine rings is 1. The van der Waals surface area contributed by atoms with Crippen molar-refractivity contribution in [2.24, 2.45) is 5.73 Å². The number of fused-ring (bicyclic) bond motifs is 1. The number of nitrogens with two attached hydrogens (primary N) is 1. The Morgan fingerprint density at radius 1 is 1.28 bits per heavy atom. The lowest BCUT2D eigenvalue weighted by Gasteiger charge is -2.08. The average molecular weight is 244 g/mol. The molecular formula is C14H16N2O2. The van der Waals surface area contributed by atoms with E-state index < -0.39 is 5.91 Å². The summed E-state index contributed by atoms with van der Waals surface area (Å²) in [6, 6.07) is 5.67. The number of H-pyrrole nitrogens is 1. The average Bonchev–Trinajstić information content (AvgIpc) is 2.37. The molecule has 1 heterocycles. The third-order valence-corrected chi connectivity index (χ3v) is 3.15. The molecule has 2 aromatic rings. The number of primary amides is 1. The van der Waals surface area contributed by atoms with Crippen LogP contribution in [0, 0.1) is 0 Å². The van der Waals surface area contributed by atoms with Crippen LogP contribution < -0.4 is 11.2 Å². The van der Waals surface area contributed by atoms with Crippen LogP contribution in [0.2, 0.25) is 0 Å². The molecule has 0 saturated carbocycles. The number of hydrogen-bond donors (Lipinski definition) is 2. The van der Waals surface area contributed by atoms with Crippen molar-refractivity contribution in [3.8, 4) is 0 Å². The van der Waals surface area contributed by atoms with Gasteiger partial charge in [0.2, 0.25) is 5.43 Å². The molecule has 0 aliphatic rings. The van der Waals surface area contributed by atoms with Crippen LogP contribution in [0.25, 0.3) is 10.9 Å². The van der Waals surface area contributed by atoms with Crippen molar-refractivity contribution < 1.29 is 4.79 Å². The normalized spacial score (nSPS) is 10.8. The zero-order valence-electron chi connectivity index (χ0n) is 10.5. The Bertz CT molecular complexity index is 671. The molecule has 0 radical (unpaired) electrons. The lowest BCUT2D eigenvalue weighted by molar-refractivity contribution is 0.0998. The second-order valence-corrected chi connectivity index (χ2v) is 4.26. The van der Waals surface area contributed by atoms with Gasteiger partial charge in [-0.15, -0.1) is 0 Å². The first kappa shape index (κ1) is 12.4. The van der Waals surface area contributed by atoms with Crippen molar-refractivity contribution in [1.29, 1.82) is 0 Å². The van der Waals surface area contributed by atoms with Gasteiger partial charge in [0.15, 0.2) is 0 Å². The summed E-state index contributed by atoms with van der Waals surface area (Å²) in [7, 11) is 0. The van der Waals surface area contributed by atoms with Gasteiger partial charge in [-0.2, -0.15) is 0 Å². The van der Waals surface area contributed by atoms with Gasteiger partial charge in [0.25, 0.3) is 5.91 Å². The maximum atomic E-state index is 12.3. The van der Waals surface area contributed by atoms with E-state index in [0.717, 1.165) is 17.5 Å². The van der Waals surface area contributed by atoms with Crippen LogP contribution in [0.4, 0.5) is 0 Å². The van der Waals surface area contributed by atoms with Crippen LogP contribution in [-0.4, -0.2) is 10.9 Å². The summed E-state index contributed by atoms with van der Waals surface area (Å²) in [5, 5.41) is 0.528. The minimum Gasteiger partial charge on any atom is -0.365 e. The SMILES string of the molecule is CCc1ccc2[nH]c(CC)c(C(N)=O)c(=O)c2c1. The van der Waals surface area contributed by atoms with Crippen LogP contribution >= 0.6 is 0 Å². The van der Waals surface area contributed by atoms with Gasteiger partial charge in [0.05, 0.1) is 0 Å². The Morgan fingerprint density at radius 2 is 2.00 bits per heavy atom. The highest BCUT2D eigenvalue weighted by molar-refractivity contribution is 5.97. The van der Waals surface area contributed by atoms with E-state index in [1.807, 2.05) is 32.0 Å². The highest BCUT2D eigenvalue weighted by Gasteiger charge is 2.15. The van der Waals surface area contributed by atoms with Gasteiger partial charge in [0, 0.05) is 16.6 Å². The van der Waals surface area contributed by atoms with Crippen LogP contribution in [0.3, 0.4) is 0 Å². The standard InChI is InChI=1S/C14H16N2O2/c1-3-8-5-6-11-9(7-8)13(17)12(14(15)18)10(4-2)16-11/h5-7H,3-4H2,1-2H3,(H2,15,18)(H,16,17). The van der Waals surface area contributed by atoms with Crippen molar-refractivity contribution in [2.45, 2.75) is 26.7 Å². The molecule has 2 rings (SSSR count). The molecule has 3 N–H and O–H groups in total. The molecular weight excluding hydrogens is 228 g/mol. The number of rotatable bonds is 3. The third-order valence-electron chi connectivity index (χ3n) is 3.15. The van der Waals surface area contributed by atoms with E-state index >= 15 is 0 Å². The molecule has 0 aliphatic heterocycles. The summed E-state index contributed by atoms with van der Waals surface area (Å²) in [4.78, 5) is 26.8. The fourth-order valence-corrected chi connectivity index (χ4v) is 2.13. The molecule has 0 spiro atoms. The first-order chi connectivity index (χ1) is 8.58. The predicted octanol–water partition coefficient (Wildman–Crippen LogP) is 1.75. The second kappa shape index (κ2) is 4.64. The van der Waals surface area contributed by atoms with Crippen molar-refractivity contribution in [1.82, 2.24) is 4.98 Å². The molecule has 1 aromatic carbocycles. The largest absolute Gasteiger partial charge is 0.365 e. The number of carbonyl (C=O) groups excluding carboxylic acids is 1. The number of amides is 1. The minimum atomic E-state index is -0.670. The van der Waals surface area contributed by atoms with Gasteiger partial charge in [-0.3, -0.25) is 9.59 Å². The molecule has 4 nitrogen and oxygen atoms in total. The van der Waals surface area contributed by atoms with E-state index in [2.05, 4.69) is 4.98 Å². The molecule has 0 aliphatic carbocycles. The number of benzene rings is 1. The maximum absolute atomic E-state index is 12.3. The first-order valence-corrected chi connectivity index (χ1v) is 6.06. The fraction of sp³-hybridized carbons (Fsp3) is 0.286. The highest BCUT2D eigenvalue weighted by atomic mass is 16.2. The molecule has 4 heteroatoms. The molecule has 1 aromatic heterocycles. The van der Waals surface area contributed by atoms with Crippen LogP contribution in [0.5, 0.6) is 0 Å². The van der Waals surface area contributed by atoms with Gasteiger partial charge in [-0.05, 0) is 30.5 Å². The van der Waals surface area contributed by atoms with Gasteiger partial charge in [-0.25, -0.2) is 0 Å². The minimum absolute atomic E-state index is 0.0817. The predicted molar refractivity (Wildman–Crippen MR) is 71.8 cm³/mol. The van der Waals surface area contributed by atoms with E-state index in [4.69, 9.17) is 5.73 Å². The molecule has 0 bridgehead atoms. The Morgan fingerprint density at radius 3 is 2.56 bits per heavy atom. The first-order valence-electron chi connectivity index (χ1n) is 6.06. The lowest BCUT2D eigenvalue weighted by Crippen LogP contribution is -2.25. The molecule has 18 heavy (non-hydrogen) atoms. The zero-order chi connectivity index (χ0) is 13.3. The number of carbonyl (C=O) groups is 1. The third kappa shape index (κ3) is 1.90. The quantitative estimate of drug-likeness (QED) is 0.863. The van der Waals surface area contributed by atoms with E-state index in [1.165, 1.54) is 0 Å². The summed E-state index contributed by atoms with van der Waals surface area (Å²) in [5.41, 5.74) is 7.51. The van der Waals surface area contributed by atoms with Crippen LogP contribution in [0.1, 0.15) is 35.5 Å². The fourth-order valence-electron chi connectivity index (χ4n) is 2.13. The Kier molecular flexibility index (Phi) is 3.19. The van der Waals surface area contributed by atoms with Crippen molar-refractivity contribution in [3.63, 3.8) is 0 Å². The van der Waals surface area contributed by atoms with Gasteiger partial charge < -0.3 is 10.7 Å². The smallest absolute Gasteiger partial charge is 0.254 e. The summed E-state index contributed by atoms with van der Waals surface area (Å²) >= 11 is 0. The summed E-state index contributed by atoms with van der Waals surface area (Å²) in [6.45, 7) is 3.90. The van der Waals surface area contributed by atoms with Crippen molar-refractivity contribution in [3.05, 3.63) is 45.2 Å². The topological polar surface area (TPSA) is 76.0 Å². The number of aromatic nitrogens is 1. The van der Waals surface area contributed by atoms with Gasteiger partial charge >= 0.3 is 0 Å². The Hall–Kier alpha value is -2.10. The highest BCUT2D eigenvalue weighted by Crippen LogP contribution is 2.14. The lowest BCUT2D eigenvalue weighted by atomic mass is 10.0. The van der Waals surface area contributed by atoms with E-state index in [1.54, 1.807) is 0 Å². The number of nitrogens with one attached hydrogen (secondary N) is 1. The molecule has 0 unspecified atom stereocenters. The number of aromatic amines is 1. The monoisotopic (exact) mass is 244 g/mol. The Labute approximate surface area is 105 Å². The molecule has 1 amide bonds. The maximum Gasteiger partial charge on any atom is 0.254 e. The Balaban J connectivity index is 2.88. The number of hydrogen-bond acceptors (Lipinski definition) is 2. The summed E-state index contributed by atoms with van der Waals surface area (Å²) < 4.78 is 0. The second-order valence-electron chi connectivity index (χ2n) is 4.26. The van der Waals surface area contributed by atoms with Crippen molar-refractivity contribution >= 4 is 16.8 Å². The van der Waals surface area contributed by atoms with E-state index in [9.17, 15) is 9.59 Å². The zero-order valence-corrected chi connectivity index (χ0v) is 10.5. The summed E-state index contributed by atoms with van der Waals surface area (Å²) in [5.74, 6) is -0.670. The number of aryl methyl sites for hydroxylation is 2. The molecule has 0 saturated heterocycles.